The highest BCUT2D eigenvalue weighted by atomic mass is 16.5. The maximum Gasteiger partial charge on any atom is 0.222 e. The number of rotatable bonds is 4. The van der Waals surface area contributed by atoms with Crippen molar-refractivity contribution < 1.29 is 14.6 Å². The van der Waals surface area contributed by atoms with Crippen LogP contribution in [0.1, 0.15) is 35.6 Å². The van der Waals surface area contributed by atoms with Gasteiger partial charge in [0.05, 0.1) is 19.3 Å². The second-order valence-electron chi connectivity index (χ2n) is 5.41. The van der Waals surface area contributed by atoms with Crippen molar-refractivity contribution >= 4 is 5.91 Å². The third-order valence-electron chi connectivity index (χ3n) is 3.78. The molecule has 1 aromatic carbocycles. The van der Waals surface area contributed by atoms with Crippen molar-refractivity contribution in [3.8, 4) is 0 Å². The summed E-state index contributed by atoms with van der Waals surface area (Å²) >= 11 is 0. The van der Waals surface area contributed by atoms with Crippen LogP contribution in [0, 0.1) is 13.8 Å². The molecule has 1 heterocycles. The van der Waals surface area contributed by atoms with Crippen LogP contribution in [0.25, 0.3) is 0 Å². The SMILES string of the molecule is Cc1ccc(C(O)CCC(=O)N2CCOCC2)c(C)c1. The van der Waals surface area contributed by atoms with Gasteiger partial charge in [-0.3, -0.25) is 4.79 Å². The number of carbonyl (C=O) groups is 1. The molecular weight excluding hydrogens is 254 g/mol. The minimum Gasteiger partial charge on any atom is -0.388 e. The Morgan fingerprint density at radius 1 is 1.35 bits per heavy atom. The number of aliphatic hydroxyl groups excluding tert-OH is 1. The Hall–Kier alpha value is -1.39. The molecule has 1 unspecified atom stereocenters. The highest BCUT2D eigenvalue weighted by Gasteiger charge is 2.18. The summed E-state index contributed by atoms with van der Waals surface area (Å²) in [6.07, 6.45) is 0.287. The Labute approximate surface area is 120 Å². The number of nitrogens with zero attached hydrogens (tertiary/aromatic N) is 1. The van der Waals surface area contributed by atoms with Gasteiger partial charge in [0, 0.05) is 19.5 Å². The maximum absolute atomic E-state index is 12.0. The number of benzene rings is 1. The van der Waals surface area contributed by atoms with Crippen LogP contribution in [0.15, 0.2) is 18.2 Å². The molecule has 4 heteroatoms. The normalized spacial score (nSPS) is 17.1. The van der Waals surface area contributed by atoms with Gasteiger partial charge in [0.1, 0.15) is 0 Å². The van der Waals surface area contributed by atoms with E-state index in [-0.39, 0.29) is 5.91 Å². The van der Waals surface area contributed by atoms with Gasteiger partial charge in [-0.1, -0.05) is 23.8 Å². The predicted molar refractivity (Wildman–Crippen MR) is 77.5 cm³/mol. The summed E-state index contributed by atoms with van der Waals surface area (Å²) in [6, 6.07) is 6.01. The highest BCUT2D eigenvalue weighted by Crippen LogP contribution is 2.23. The molecule has 0 radical (unpaired) electrons. The fourth-order valence-corrected chi connectivity index (χ4v) is 2.59. The van der Waals surface area contributed by atoms with Crippen molar-refractivity contribution in [2.75, 3.05) is 26.3 Å². The van der Waals surface area contributed by atoms with E-state index >= 15 is 0 Å². The number of aliphatic hydroxyl groups is 1. The van der Waals surface area contributed by atoms with Gasteiger partial charge in [0.15, 0.2) is 0 Å². The summed E-state index contributed by atoms with van der Waals surface area (Å²) in [5, 5.41) is 10.2. The smallest absolute Gasteiger partial charge is 0.222 e. The molecule has 1 saturated heterocycles. The Bertz CT molecular complexity index is 467. The van der Waals surface area contributed by atoms with Crippen LogP contribution in [0.3, 0.4) is 0 Å². The summed E-state index contributed by atoms with van der Waals surface area (Å²) in [5.41, 5.74) is 3.18. The molecule has 0 aliphatic carbocycles. The monoisotopic (exact) mass is 277 g/mol. The van der Waals surface area contributed by atoms with E-state index in [1.807, 2.05) is 30.9 Å². The zero-order valence-corrected chi connectivity index (χ0v) is 12.3. The average Bonchev–Trinajstić information content (AvgIpc) is 2.45. The molecule has 110 valence electrons. The zero-order valence-electron chi connectivity index (χ0n) is 12.3. The largest absolute Gasteiger partial charge is 0.388 e. The lowest BCUT2D eigenvalue weighted by Gasteiger charge is -2.27. The van der Waals surface area contributed by atoms with E-state index in [0.717, 1.165) is 11.1 Å². The van der Waals surface area contributed by atoms with Crippen LogP contribution >= 0.6 is 0 Å². The van der Waals surface area contributed by atoms with E-state index < -0.39 is 6.10 Å². The van der Waals surface area contributed by atoms with Crippen LogP contribution in [0.5, 0.6) is 0 Å². The molecule has 20 heavy (non-hydrogen) atoms. The fourth-order valence-electron chi connectivity index (χ4n) is 2.59. The van der Waals surface area contributed by atoms with E-state index in [9.17, 15) is 9.90 Å². The van der Waals surface area contributed by atoms with Gasteiger partial charge >= 0.3 is 0 Å². The topological polar surface area (TPSA) is 49.8 Å². The molecule has 1 fully saturated rings. The molecule has 1 aliphatic rings. The summed E-state index contributed by atoms with van der Waals surface area (Å²) in [6.45, 7) is 6.59. The van der Waals surface area contributed by atoms with Gasteiger partial charge in [0.25, 0.3) is 0 Å². The second kappa shape index (κ2) is 6.86. The number of aryl methyl sites for hydroxylation is 2. The number of hydrogen-bond donors (Lipinski definition) is 1. The molecule has 1 N–H and O–H groups in total. The van der Waals surface area contributed by atoms with Gasteiger partial charge in [-0.25, -0.2) is 0 Å². The van der Waals surface area contributed by atoms with E-state index in [1.165, 1.54) is 5.56 Å². The first-order valence-corrected chi connectivity index (χ1v) is 7.18. The van der Waals surface area contributed by atoms with Gasteiger partial charge in [-0.15, -0.1) is 0 Å². The zero-order chi connectivity index (χ0) is 14.5. The Balaban J connectivity index is 1.87. The van der Waals surface area contributed by atoms with E-state index in [1.54, 1.807) is 0 Å². The van der Waals surface area contributed by atoms with Gasteiger partial charge < -0.3 is 14.7 Å². The molecule has 1 atom stereocenters. The number of hydrogen-bond acceptors (Lipinski definition) is 3. The van der Waals surface area contributed by atoms with E-state index in [2.05, 4.69) is 6.07 Å². The summed E-state index contributed by atoms with van der Waals surface area (Å²) in [7, 11) is 0. The highest BCUT2D eigenvalue weighted by molar-refractivity contribution is 5.76. The lowest BCUT2D eigenvalue weighted by atomic mass is 9.98. The molecule has 0 spiro atoms. The van der Waals surface area contributed by atoms with Gasteiger partial charge in [0.2, 0.25) is 5.91 Å². The van der Waals surface area contributed by atoms with Gasteiger partial charge in [-0.2, -0.15) is 0 Å². The predicted octanol–water partition coefficient (Wildman–Crippen LogP) is 1.98. The molecule has 1 aliphatic heterocycles. The summed E-state index contributed by atoms with van der Waals surface area (Å²) in [4.78, 5) is 13.8. The van der Waals surface area contributed by atoms with Crippen LogP contribution in [0.2, 0.25) is 0 Å². The third-order valence-corrected chi connectivity index (χ3v) is 3.78. The molecule has 2 rings (SSSR count). The molecule has 0 aromatic heterocycles. The van der Waals surface area contributed by atoms with Crippen molar-refractivity contribution in [2.24, 2.45) is 0 Å². The number of amides is 1. The first-order valence-electron chi connectivity index (χ1n) is 7.18. The van der Waals surface area contributed by atoms with E-state index in [0.29, 0.717) is 39.1 Å². The van der Waals surface area contributed by atoms with Crippen LogP contribution in [0.4, 0.5) is 0 Å². The molecule has 0 bridgehead atoms. The first kappa shape index (κ1) is 15.0. The van der Waals surface area contributed by atoms with Crippen LogP contribution in [-0.2, 0) is 9.53 Å². The first-order chi connectivity index (χ1) is 9.58. The molecule has 4 nitrogen and oxygen atoms in total. The molecule has 1 aromatic rings. The van der Waals surface area contributed by atoms with E-state index in [4.69, 9.17) is 4.74 Å². The number of morpholine rings is 1. The minimum atomic E-state index is -0.569. The quantitative estimate of drug-likeness (QED) is 0.915. The minimum absolute atomic E-state index is 0.108. The lowest BCUT2D eigenvalue weighted by Crippen LogP contribution is -2.40. The number of ether oxygens (including phenoxy) is 1. The molecule has 1 amide bonds. The van der Waals surface area contributed by atoms with Crippen molar-refractivity contribution in [3.63, 3.8) is 0 Å². The molecular formula is C16H23NO3. The van der Waals surface area contributed by atoms with Crippen molar-refractivity contribution in [2.45, 2.75) is 32.8 Å². The Kier molecular flexibility index (Phi) is 5.15. The van der Waals surface area contributed by atoms with Crippen LogP contribution < -0.4 is 0 Å². The summed E-state index contributed by atoms with van der Waals surface area (Å²) in [5.74, 6) is 0.108. The Morgan fingerprint density at radius 3 is 2.70 bits per heavy atom. The van der Waals surface area contributed by atoms with Crippen LogP contribution in [-0.4, -0.2) is 42.2 Å². The van der Waals surface area contributed by atoms with Crippen molar-refractivity contribution in [3.05, 3.63) is 34.9 Å². The standard InChI is InChI=1S/C16H23NO3/c1-12-3-4-14(13(2)11-12)15(18)5-6-16(19)17-7-9-20-10-8-17/h3-4,11,15,18H,5-10H2,1-2H3. The lowest BCUT2D eigenvalue weighted by molar-refractivity contribution is -0.135. The van der Waals surface area contributed by atoms with Crippen molar-refractivity contribution in [1.82, 2.24) is 4.90 Å². The average molecular weight is 277 g/mol. The maximum atomic E-state index is 12.0. The summed E-state index contributed by atoms with van der Waals surface area (Å²) < 4.78 is 5.23. The van der Waals surface area contributed by atoms with Gasteiger partial charge in [-0.05, 0) is 31.4 Å². The molecule has 0 saturated carbocycles. The fraction of sp³-hybridized carbons (Fsp3) is 0.562. The third kappa shape index (κ3) is 3.81. The van der Waals surface area contributed by atoms with Crippen molar-refractivity contribution in [1.29, 1.82) is 0 Å². The Morgan fingerprint density at radius 2 is 2.05 bits per heavy atom. The number of carbonyl (C=O) groups excluding carboxylic acids is 1. The second-order valence-corrected chi connectivity index (χ2v) is 5.41.